The van der Waals surface area contributed by atoms with Gasteiger partial charge < -0.3 is 5.32 Å². The van der Waals surface area contributed by atoms with Crippen LogP contribution in [0.25, 0.3) is 0 Å². The van der Waals surface area contributed by atoms with Crippen LogP contribution in [0.1, 0.15) is 35.8 Å². The zero-order valence-electron chi connectivity index (χ0n) is 17.4. The molecule has 2 atom stereocenters. The molecule has 0 bridgehead atoms. The molecule has 7 heteroatoms. The van der Waals surface area contributed by atoms with Crippen molar-refractivity contribution < 1.29 is 18.4 Å². The largest absolute Gasteiger partial charge is 0.326 e. The fourth-order valence-electron chi connectivity index (χ4n) is 3.86. The summed E-state index contributed by atoms with van der Waals surface area (Å²) in [5, 5.41) is 2.49. The normalized spacial score (nSPS) is 16.8. The molecule has 164 valence electrons. The Bertz CT molecular complexity index is 1140. The molecule has 3 aromatic carbocycles. The van der Waals surface area contributed by atoms with Crippen molar-refractivity contribution in [3.8, 4) is 0 Å². The maximum atomic E-state index is 14.4. The van der Waals surface area contributed by atoms with Crippen LogP contribution in [-0.4, -0.2) is 17.6 Å². The predicted molar refractivity (Wildman–Crippen MR) is 124 cm³/mol. The molecule has 32 heavy (non-hydrogen) atoms. The highest BCUT2D eigenvalue weighted by molar-refractivity contribution is 8.00. The predicted octanol–water partition coefficient (Wildman–Crippen LogP) is 5.88. The van der Waals surface area contributed by atoms with Crippen LogP contribution in [-0.2, 0) is 9.59 Å². The van der Waals surface area contributed by atoms with Crippen LogP contribution < -0.4 is 10.2 Å². The van der Waals surface area contributed by atoms with Gasteiger partial charge in [0, 0.05) is 11.8 Å². The number of nitrogens with one attached hydrogen (secondary N) is 1. The van der Waals surface area contributed by atoms with Crippen molar-refractivity contribution in [2.45, 2.75) is 24.6 Å². The van der Waals surface area contributed by atoms with Crippen molar-refractivity contribution in [2.24, 2.45) is 0 Å². The van der Waals surface area contributed by atoms with Crippen LogP contribution in [0.15, 0.2) is 72.8 Å². The number of rotatable bonds is 6. The molecular formula is C25H22F2N2O2S. The van der Waals surface area contributed by atoms with Gasteiger partial charge in [-0.2, -0.15) is 0 Å². The average Bonchev–Trinajstić information content (AvgIpc) is 3.16. The van der Waals surface area contributed by atoms with Gasteiger partial charge >= 0.3 is 0 Å². The third-order valence-electron chi connectivity index (χ3n) is 5.40. The third kappa shape index (κ3) is 4.53. The summed E-state index contributed by atoms with van der Waals surface area (Å²) < 4.78 is 27.8. The monoisotopic (exact) mass is 452 g/mol. The molecule has 1 aliphatic heterocycles. The molecule has 0 aromatic heterocycles. The molecule has 4 nitrogen and oxygen atoms in total. The fraction of sp³-hybridized carbons (Fsp3) is 0.200. The number of benzene rings is 3. The zero-order valence-corrected chi connectivity index (χ0v) is 18.2. The van der Waals surface area contributed by atoms with Gasteiger partial charge in [-0.15, -0.1) is 11.8 Å². The van der Waals surface area contributed by atoms with Gasteiger partial charge in [0.1, 0.15) is 17.0 Å². The van der Waals surface area contributed by atoms with E-state index in [0.717, 1.165) is 23.3 Å². The van der Waals surface area contributed by atoms with Crippen LogP contribution in [0.5, 0.6) is 0 Å². The summed E-state index contributed by atoms with van der Waals surface area (Å²) in [5.41, 5.74) is 2.33. The van der Waals surface area contributed by atoms with Crippen molar-refractivity contribution in [3.63, 3.8) is 0 Å². The quantitative estimate of drug-likeness (QED) is 0.508. The smallest absolute Gasteiger partial charge is 0.238 e. The fourth-order valence-corrected chi connectivity index (χ4v) is 5.02. The molecule has 0 saturated carbocycles. The van der Waals surface area contributed by atoms with Crippen molar-refractivity contribution in [2.75, 3.05) is 16.0 Å². The molecule has 0 aliphatic carbocycles. The van der Waals surface area contributed by atoms with E-state index < -0.39 is 17.0 Å². The first-order valence-corrected chi connectivity index (χ1v) is 11.4. The molecule has 2 unspecified atom stereocenters. The Morgan fingerprint density at radius 2 is 1.88 bits per heavy atom. The van der Waals surface area contributed by atoms with Gasteiger partial charge in [-0.05, 0) is 41.8 Å². The second kappa shape index (κ2) is 9.53. The summed E-state index contributed by atoms with van der Waals surface area (Å²) in [4.78, 5) is 26.8. The standard InChI is InChI=1S/C25H22F2N2O2S/c1-2-20(16-7-4-3-5-8-16)24(31)28-19-10-6-9-17(13-19)25-29(23(30)15-32-25)22-12-11-18(26)14-21(22)27/h3-14,20,25H,2,15H2,1H3,(H,28,31). The number of halogens is 2. The van der Waals surface area contributed by atoms with E-state index in [1.54, 1.807) is 18.2 Å². The number of carbonyl (C=O) groups excluding carboxylic acids is 2. The zero-order chi connectivity index (χ0) is 22.7. The van der Waals surface area contributed by atoms with E-state index >= 15 is 0 Å². The molecule has 1 heterocycles. The molecule has 1 fully saturated rings. The van der Waals surface area contributed by atoms with E-state index in [1.165, 1.54) is 22.7 Å². The Morgan fingerprint density at radius 1 is 1.09 bits per heavy atom. The Balaban J connectivity index is 1.58. The van der Waals surface area contributed by atoms with E-state index in [4.69, 9.17) is 0 Å². The van der Waals surface area contributed by atoms with Crippen molar-refractivity contribution in [1.29, 1.82) is 0 Å². The van der Waals surface area contributed by atoms with Gasteiger partial charge in [0.25, 0.3) is 0 Å². The number of anilines is 2. The lowest BCUT2D eigenvalue weighted by molar-refractivity contribution is -0.118. The molecule has 1 aliphatic rings. The lowest BCUT2D eigenvalue weighted by atomic mass is 9.95. The number of hydrogen-bond acceptors (Lipinski definition) is 3. The topological polar surface area (TPSA) is 49.4 Å². The Hall–Kier alpha value is -3.19. The maximum Gasteiger partial charge on any atom is 0.238 e. The molecule has 0 radical (unpaired) electrons. The van der Waals surface area contributed by atoms with Gasteiger partial charge in [-0.25, -0.2) is 8.78 Å². The van der Waals surface area contributed by atoms with Crippen LogP contribution in [0.3, 0.4) is 0 Å². The second-order valence-corrected chi connectivity index (χ2v) is 8.58. The summed E-state index contributed by atoms with van der Waals surface area (Å²) in [6.45, 7) is 1.96. The highest BCUT2D eigenvalue weighted by Crippen LogP contribution is 2.43. The SMILES string of the molecule is CCC(C(=O)Nc1cccc(C2SCC(=O)N2c2ccc(F)cc2F)c1)c1ccccc1. The molecule has 4 rings (SSSR count). The summed E-state index contributed by atoms with van der Waals surface area (Å²) >= 11 is 1.36. The van der Waals surface area contributed by atoms with E-state index in [9.17, 15) is 18.4 Å². The van der Waals surface area contributed by atoms with Crippen LogP contribution in [0.2, 0.25) is 0 Å². The first-order valence-electron chi connectivity index (χ1n) is 10.3. The van der Waals surface area contributed by atoms with Gasteiger partial charge in [0.2, 0.25) is 11.8 Å². The van der Waals surface area contributed by atoms with Gasteiger partial charge in [-0.1, -0.05) is 49.4 Å². The number of thioether (sulfide) groups is 1. The minimum atomic E-state index is -0.788. The summed E-state index contributed by atoms with van der Waals surface area (Å²) in [6, 6.07) is 20.0. The summed E-state index contributed by atoms with van der Waals surface area (Å²) in [5.74, 6) is -1.96. The minimum Gasteiger partial charge on any atom is -0.326 e. The molecule has 1 saturated heterocycles. The molecule has 0 spiro atoms. The van der Waals surface area contributed by atoms with Gasteiger partial charge in [0.15, 0.2) is 0 Å². The van der Waals surface area contributed by atoms with E-state index in [-0.39, 0.29) is 29.2 Å². The Labute approximate surface area is 189 Å². The van der Waals surface area contributed by atoms with Gasteiger partial charge in [0.05, 0.1) is 17.4 Å². The molecule has 2 amide bonds. The van der Waals surface area contributed by atoms with Crippen LogP contribution >= 0.6 is 11.8 Å². The number of carbonyl (C=O) groups is 2. The lowest BCUT2D eigenvalue weighted by Crippen LogP contribution is -2.28. The maximum absolute atomic E-state index is 14.4. The highest BCUT2D eigenvalue weighted by atomic mass is 32.2. The van der Waals surface area contributed by atoms with Crippen molar-refractivity contribution >= 4 is 35.0 Å². The molecular weight excluding hydrogens is 430 g/mol. The van der Waals surface area contributed by atoms with Crippen molar-refractivity contribution in [1.82, 2.24) is 0 Å². The summed E-state index contributed by atoms with van der Waals surface area (Å²) in [7, 11) is 0. The van der Waals surface area contributed by atoms with E-state index in [1.807, 2.05) is 43.3 Å². The number of hydrogen-bond donors (Lipinski definition) is 1. The third-order valence-corrected chi connectivity index (χ3v) is 6.62. The number of nitrogens with zero attached hydrogens (tertiary/aromatic N) is 1. The van der Waals surface area contributed by atoms with Gasteiger partial charge in [-0.3, -0.25) is 14.5 Å². The van der Waals surface area contributed by atoms with Crippen molar-refractivity contribution in [3.05, 3.63) is 95.6 Å². The van der Waals surface area contributed by atoms with Crippen LogP contribution in [0.4, 0.5) is 20.2 Å². The van der Waals surface area contributed by atoms with Crippen LogP contribution in [0, 0.1) is 11.6 Å². The Morgan fingerprint density at radius 3 is 2.59 bits per heavy atom. The lowest BCUT2D eigenvalue weighted by Gasteiger charge is -2.25. The second-order valence-electron chi connectivity index (χ2n) is 7.51. The molecule has 1 N–H and O–H groups in total. The van der Waals surface area contributed by atoms with E-state index in [0.29, 0.717) is 12.1 Å². The molecule has 3 aromatic rings. The number of amides is 2. The Kier molecular flexibility index (Phi) is 6.55. The van der Waals surface area contributed by atoms with E-state index in [2.05, 4.69) is 5.32 Å². The minimum absolute atomic E-state index is 0.0379. The first-order chi connectivity index (χ1) is 15.5. The average molecular weight is 453 g/mol. The highest BCUT2D eigenvalue weighted by Gasteiger charge is 2.35. The first kappa shape index (κ1) is 22.0. The summed E-state index contributed by atoms with van der Waals surface area (Å²) in [6.07, 6.45) is 0.653.